The maximum absolute atomic E-state index is 13.8. The van der Waals surface area contributed by atoms with Gasteiger partial charge in [-0.25, -0.2) is 13.8 Å². The molecule has 0 radical (unpaired) electrons. The Hall–Kier alpha value is -5.17. The van der Waals surface area contributed by atoms with Crippen molar-refractivity contribution < 1.29 is 22.8 Å². The number of benzene rings is 3. The minimum Gasteiger partial charge on any atom is -0.456 e. The quantitative estimate of drug-likeness (QED) is 0.159. The number of nitrogens with zero attached hydrogens (tertiary/aromatic N) is 2. The Labute approximate surface area is 247 Å². The van der Waals surface area contributed by atoms with E-state index < -0.39 is 28.6 Å². The molecular weight excluding hydrogens is 546 g/mol. The molecule has 0 fully saturated rings. The molecule has 0 saturated heterocycles. The zero-order chi connectivity index (χ0) is 30.2. The molecule has 43 heavy (non-hydrogen) atoms. The number of carbonyl (C=O) groups excluding carboxylic acids is 2. The van der Waals surface area contributed by atoms with Crippen LogP contribution >= 0.6 is 0 Å². The van der Waals surface area contributed by atoms with Gasteiger partial charge >= 0.3 is 0 Å². The third kappa shape index (κ3) is 4.14. The Morgan fingerprint density at radius 1 is 0.744 bits per heavy atom. The lowest BCUT2D eigenvalue weighted by atomic mass is 9.86. The highest BCUT2D eigenvalue weighted by atomic mass is 19.2. The first-order valence-electron chi connectivity index (χ1n) is 13.9. The number of pyridine rings is 1. The van der Waals surface area contributed by atoms with E-state index in [9.17, 15) is 18.4 Å². The maximum atomic E-state index is 13.8. The first kappa shape index (κ1) is 26.7. The van der Waals surface area contributed by atoms with Crippen LogP contribution in [0.3, 0.4) is 0 Å². The van der Waals surface area contributed by atoms with Gasteiger partial charge in [-0.3, -0.25) is 14.5 Å². The van der Waals surface area contributed by atoms with E-state index in [0.29, 0.717) is 11.5 Å². The van der Waals surface area contributed by atoms with E-state index in [1.165, 1.54) is 6.08 Å². The van der Waals surface area contributed by atoms with Crippen LogP contribution in [0.5, 0.6) is 0 Å². The number of fused-ring (bicyclic) bond motifs is 4. The molecule has 5 aromatic rings. The monoisotopic (exact) mass is 572 g/mol. The normalized spacial score (nSPS) is 14.5. The van der Waals surface area contributed by atoms with Gasteiger partial charge in [0.15, 0.2) is 23.2 Å². The number of furan rings is 1. The summed E-state index contributed by atoms with van der Waals surface area (Å²) >= 11 is 0. The van der Waals surface area contributed by atoms with Gasteiger partial charge in [-0.15, -0.1) is 0 Å². The lowest BCUT2D eigenvalue weighted by Crippen LogP contribution is -2.19. The lowest BCUT2D eigenvalue weighted by molar-refractivity contribution is 0.0990. The van der Waals surface area contributed by atoms with Crippen molar-refractivity contribution in [1.82, 2.24) is 4.98 Å². The fourth-order valence-electron chi connectivity index (χ4n) is 5.90. The molecule has 2 aliphatic rings. The highest BCUT2D eigenvalue weighted by Gasteiger charge is 2.41. The smallest absolute Gasteiger partial charge is 0.197 e. The molecule has 0 amide bonds. The van der Waals surface area contributed by atoms with Crippen molar-refractivity contribution in [2.24, 2.45) is 0 Å². The minimum absolute atomic E-state index is 0.150. The van der Waals surface area contributed by atoms with E-state index in [4.69, 9.17) is 9.40 Å². The zero-order valence-corrected chi connectivity index (χ0v) is 24.0. The maximum Gasteiger partial charge on any atom is 0.197 e. The molecule has 7 heteroatoms. The molecular formula is C36H26F2N2O3. The van der Waals surface area contributed by atoms with E-state index in [-0.39, 0.29) is 16.7 Å². The Morgan fingerprint density at radius 3 is 1.81 bits per heavy atom. The molecule has 2 heterocycles. The fraction of sp³-hybridized carbons (Fsp3) is 0.139. The van der Waals surface area contributed by atoms with Gasteiger partial charge in [0.25, 0.3) is 0 Å². The zero-order valence-electron chi connectivity index (χ0n) is 24.0. The Bertz CT molecular complexity index is 1930. The fourth-order valence-corrected chi connectivity index (χ4v) is 5.90. The second-order valence-corrected chi connectivity index (χ2v) is 11.6. The number of aryl methyl sites for hydroxylation is 2. The van der Waals surface area contributed by atoms with Gasteiger partial charge < -0.3 is 4.42 Å². The number of anilines is 3. The van der Waals surface area contributed by atoms with Crippen molar-refractivity contribution in [3.63, 3.8) is 0 Å². The highest BCUT2D eigenvalue weighted by molar-refractivity contribution is 6.41. The molecule has 2 aliphatic carbocycles. The van der Waals surface area contributed by atoms with Crippen molar-refractivity contribution in [1.29, 1.82) is 0 Å². The van der Waals surface area contributed by atoms with Crippen molar-refractivity contribution in [2.45, 2.75) is 33.1 Å². The summed E-state index contributed by atoms with van der Waals surface area (Å²) in [6.07, 6.45) is 1.35. The van der Waals surface area contributed by atoms with Crippen LogP contribution in [0, 0.1) is 25.5 Å². The second-order valence-electron chi connectivity index (χ2n) is 11.6. The van der Waals surface area contributed by atoms with Crippen molar-refractivity contribution in [3.05, 3.63) is 135 Å². The summed E-state index contributed by atoms with van der Waals surface area (Å²) in [7, 11) is 0. The van der Waals surface area contributed by atoms with E-state index in [1.807, 2.05) is 12.1 Å². The average molecular weight is 573 g/mol. The SMILES string of the molecule is Cc1ccc(N(c2ccc(C)cc2)c2ccc3c(n2)C(C)(C)c2cc(C=C4C(=O)c5cc(F)c(F)cc5C4=O)oc2-3)cc1. The van der Waals surface area contributed by atoms with Gasteiger partial charge in [0.2, 0.25) is 0 Å². The van der Waals surface area contributed by atoms with Gasteiger partial charge in [0, 0.05) is 39.0 Å². The number of allylic oxidation sites excluding steroid dienone is 1. The third-order valence-corrected chi connectivity index (χ3v) is 8.28. The predicted molar refractivity (Wildman–Crippen MR) is 161 cm³/mol. The molecule has 2 aromatic heterocycles. The van der Waals surface area contributed by atoms with E-state index >= 15 is 0 Å². The van der Waals surface area contributed by atoms with Crippen LogP contribution in [-0.2, 0) is 5.41 Å². The summed E-state index contributed by atoms with van der Waals surface area (Å²) in [5.74, 6) is -2.00. The molecule has 0 bridgehead atoms. The van der Waals surface area contributed by atoms with Crippen LogP contribution in [-0.4, -0.2) is 16.6 Å². The van der Waals surface area contributed by atoms with Gasteiger partial charge in [-0.1, -0.05) is 35.4 Å². The molecule has 0 spiro atoms. The average Bonchev–Trinajstić information content (AvgIpc) is 3.57. The standard InChI is InChI=1S/C36H26F2N2O3/c1-19-5-9-21(10-6-19)40(22-11-7-20(2)8-12-22)31-14-13-24-34-28(36(3,4)35(24)39-31)16-23(43-34)15-27-32(41)25-17-29(37)30(38)18-26(25)33(27)42/h5-18H,1-4H3. The molecule has 0 saturated carbocycles. The lowest BCUT2D eigenvalue weighted by Gasteiger charge is -2.27. The Morgan fingerprint density at radius 2 is 1.28 bits per heavy atom. The molecule has 0 N–H and O–H groups in total. The van der Waals surface area contributed by atoms with Gasteiger partial charge in [-0.05, 0) is 88.4 Å². The number of Topliss-reactive ketones (excluding diaryl/α,β-unsaturated/α-hetero) is 2. The van der Waals surface area contributed by atoms with Crippen LogP contribution in [0.2, 0.25) is 0 Å². The summed E-state index contributed by atoms with van der Waals surface area (Å²) in [5, 5.41) is 0. The first-order valence-corrected chi connectivity index (χ1v) is 13.9. The van der Waals surface area contributed by atoms with Gasteiger partial charge in [0.05, 0.1) is 11.3 Å². The molecule has 0 atom stereocenters. The topological polar surface area (TPSA) is 63.4 Å². The summed E-state index contributed by atoms with van der Waals surface area (Å²) in [4.78, 5) is 33.1. The number of carbonyl (C=O) groups is 2. The van der Waals surface area contributed by atoms with Crippen LogP contribution in [0.15, 0.2) is 88.9 Å². The number of rotatable bonds is 4. The van der Waals surface area contributed by atoms with E-state index in [1.54, 1.807) is 6.07 Å². The number of aromatic nitrogens is 1. The van der Waals surface area contributed by atoms with Crippen molar-refractivity contribution >= 4 is 34.8 Å². The van der Waals surface area contributed by atoms with Gasteiger partial charge in [0.1, 0.15) is 17.3 Å². The molecule has 3 aromatic carbocycles. The van der Waals surface area contributed by atoms with Crippen LogP contribution in [0.1, 0.15) is 62.7 Å². The molecule has 7 rings (SSSR count). The molecule has 0 unspecified atom stereocenters. The second kappa shape index (κ2) is 9.42. The van der Waals surface area contributed by atoms with Crippen molar-refractivity contribution in [3.8, 4) is 11.3 Å². The van der Waals surface area contributed by atoms with Crippen LogP contribution in [0.4, 0.5) is 26.0 Å². The summed E-state index contributed by atoms with van der Waals surface area (Å²) < 4.78 is 33.8. The predicted octanol–water partition coefficient (Wildman–Crippen LogP) is 8.81. The summed E-state index contributed by atoms with van der Waals surface area (Å²) in [5.41, 5.74) is 5.77. The highest BCUT2D eigenvalue weighted by Crippen LogP contribution is 2.50. The largest absolute Gasteiger partial charge is 0.456 e. The number of hydrogen-bond acceptors (Lipinski definition) is 5. The number of hydrogen-bond donors (Lipinski definition) is 0. The Kier molecular flexibility index (Phi) is 5.85. The van der Waals surface area contributed by atoms with Gasteiger partial charge in [-0.2, -0.15) is 0 Å². The number of ketones is 2. The Balaban J connectivity index is 1.29. The third-order valence-electron chi connectivity index (χ3n) is 8.28. The summed E-state index contributed by atoms with van der Waals surface area (Å²) in [6.45, 7) is 8.21. The minimum atomic E-state index is -1.17. The van der Waals surface area contributed by atoms with E-state index in [2.05, 4.69) is 81.1 Å². The van der Waals surface area contributed by atoms with Crippen LogP contribution in [0.25, 0.3) is 17.4 Å². The first-order chi connectivity index (χ1) is 20.5. The molecule has 212 valence electrons. The van der Waals surface area contributed by atoms with Crippen molar-refractivity contribution in [2.75, 3.05) is 4.90 Å². The molecule has 5 nitrogen and oxygen atoms in total. The molecule has 0 aliphatic heterocycles. The number of halogens is 2. The van der Waals surface area contributed by atoms with E-state index in [0.717, 1.165) is 57.3 Å². The summed E-state index contributed by atoms with van der Waals surface area (Å²) in [6, 6.07) is 23.9. The van der Waals surface area contributed by atoms with Crippen LogP contribution < -0.4 is 4.90 Å².